The lowest BCUT2D eigenvalue weighted by molar-refractivity contribution is 1.23. The first-order chi connectivity index (χ1) is 6.70. The van der Waals surface area contributed by atoms with E-state index < -0.39 is 0 Å². The Morgan fingerprint density at radius 3 is 2.73 bits per heavy atom. The molecule has 2 aromatic rings. The zero-order chi connectivity index (χ0) is 10.1. The van der Waals surface area contributed by atoms with Gasteiger partial charge in [-0.2, -0.15) is 0 Å². The van der Waals surface area contributed by atoms with Crippen LogP contribution in [0.15, 0.2) is 28.7 Å². The van der Waals surface area contributed by atoms with E-state index in [1.54, 1.807) is 0 Å². The highest BCUT2D eigenvalue weighted by molar-refractivity contribution is 9.10. The lowest BCUT2D eigenvalue weighted by Gasteiger charge is -2.06. The number of aryl methyl sites for hydroxylation is 1. The Balaban J connectivity index is 0.00000112. The Morgan fingerprint density at radius 2 is 2.07 bits per heavy atom. The predicted octanol–water partition coefficient (Wildman–Crippen LogP) is 3.01. The third-order valence-corrected chi connectivity index (χ3v) is 2.60. The molecule has 0 aliphatic heterocycles. The minimum atomic E-state index is 0. The van der Waals surface area contributed by atoms with Gasteiger partial charge in [-0.25, -0.2) is 10.8 Å². The molecule has 0 saturated heterocycles. The molecular weight excluding hydrogens is 277 g/mol. The predicted molar refractivity (Wildman–Crippen MR) is 69.2 cm³/mol. The van der Waals surface area contributed by atoms with E-state index in [0.717, 1.165) is 26.8 Å². The number of rotatable bonds is 1. The van der Waals surface area contributed by atoms with Crippen molar-refractivity contribution >= 4 is 45.1 Å². The summed E-state index contributed by atoms with van der Waals surface area (Å²) in [6, 6.07) is 8.02. The van der Waals surface area contributed by atoms with Crippen molar-refractivity contribution in [3.63, 3.8) is 0 Å². The van der Waals surface area contributed by atoms with Gasteiger partial charge >= 0.3 is 0 Å². The molecule has 0 radical (unpaired) electrons. The molecule has 80 valence electrons. The van der Waals surface area contributed by atoms with Crippen LogP contribution < -0.4 is 11.3 Å². The normalized spacial score (nSPS) is 9.80. The average Bonchev–Trinajstić information content (AvgIpc) is 2.16. The minimum absolute atomic E-state index is 0. The third kappa shape index (κ3) is 2.40. The first-order valence-electron chi connectivity index (χ1n) is 4.24. The molecule has 0 bridgehead atoms. The zero-order valence-electron chi connectivity index (χ0n) is 8.12. The monoisotopic (exact) mass is 287 g/mol. The Bertz CT molecular complexity index is 487. The maximum atomic E-state index is 5.35. The molecule has 15 heavy (non-hydrogen) atoms. The van der Waals surface area contributed by atoms with Gasteiger partial charge < -0.3 is 5.43 Å². The van der Waals surface area contributed by atoms with Gasteiger partial charge in [0, 0.05) is 9.86 Å². The van der Waals surface area contributed by atoms with E-state index in [1.165, 1.54) is 0 Å². The van der Waals surface area contributed by atoms with Crippen molar-refractivity contribution in [3.8, 4) is 0 Å². The van der Waals surface area contributed by atoms with Gasteiger partial charge in [0.15, 0.2) is 0 Å². The molecular formula is C10H11BrClN3. The van der Waals surface area contributed by atoms with Gasteiger partial charge in [0.25, 0.3) is 0 Å². The summed E-state index contributed by atoms with van der Waals surface area (Å²) in [5.74, 6) is 6.07. The molecule has 1 aromatic carbocycles. The van der Waals surface area contributed by atoms with Crippen LogP contribution >= 0.6 is 28.3 Å². The van der Waals surface area contributed by atoms with Crippen LogP contribution in [-0.2, 0) is 0 Å². The number of pyridine rings is 1. The summed E-state index contributed by atoms with van der Waals surface area (Å²) in [6.45, 7) is 1.97. The van der Waals surface area contributed by atoms with E-state index in [1.807, 2.05) is 25.1 Å². The van der Waals surface area contributed by atoms with E-state index in [-0.39, 0.29) is 12.4 Å². The van der Waals surface area contributed by atoms with Crippen LogP contribution in [0.4, 0.5) is 5.82 Å². The summed E-state index contributed by atoms with van der Waals surface area (Å²) in [4.78, 5) is 4.38. The first-order valence-corrected chi connectivity index (χ1v) is 5.03. The molecule has 1 aromatic heterocycles. The van der Waals surface area contributed by atoms with Crippen molar-refractivity contribution in [1.82, 2.24) is 4.98 Å². The topological polar surface area (TPSA) is 50.9 Å². The van der Waals surface area contributed by atoms with Crippen molar-refractivity contribution in [2.24, 2.45) is 5.84 Å². The quantitative estimate of drug-likeness (QED) is 0.626. The highest BCUT2D eigenvalue weighted by Gasteiger charge is 2.01. The molecule has 1 heterocycles. The standard InChI is InChI=1S/C10H10BrN3.ClH/c1-6-4-7-5-8(11)2-3-9(7)13-10(6)14-12;/h2-5H,12H2,1H3,(H,13,14);1H. The molecule has 0 aliphatic carbocycles. The van der Waals surface area contributed by atoms with Crippen LogP contribution in [0.25, 0.3) is 10.9 Å². The van der Waals surface area contributed by atoms with Gasteiger partial charge in [-0.05, 0) is 36.8 Å². The van der Waals surface area contributed by atoms with E-state index >= 15 is 0 Å². The number of fused-ring (bicyclic) bond motifs is 1. The van der Waals surface area contributed by atoms with Crippen molar-refractivity contribution in [2.75, 3.05) is 5.43 Å². The molecule has 2 rings (SSSR count). The number of aromatic nitrogens is 1. The van der Waals surface area contributed by atoms with Crippen LogP contribution in [0.3, 0.4) is 0 Å². The maximum absolute atomic E-state index is 5.35. The van der Waals surface area contributed by atoms with Crippen LogP contribution in [0.1, 0.15) is 5.56 Å². The number of hydrogen-bond acceptors (Lipinski definition) is 3. The number of nitrogens with one attached hydrogen (secondary N) is 1. The Hall–Kier alpha value is -0.840. The number of nitrogens with zero attached hydrogens (tertiary/aromatic N) is 1. The van der Waals surface area contributed by atoms with Gasteiger partial charge in [-0.15, -0.1) is 12.4 Å². The van der Waals surface area contributed by atoms with E-state index in [0.29, 0.717) is 0 Å². The highest BCUT2D eigenvalue weighted by Crippen LogP contribution is 2.22. The van der Waals surface area contributed by atoms with Crippen LogP contribution in [0, 0.1) is 6.92 Å². The van der Waals surface area contributed by atoms with Gasteiger partial charge in [0.05, 0.1) is 5.52 Å². The second-order valence-corrected chi connectivity index (χ2v) is 4.05. The second-order valence-electron chi connectivity index (χ2n) is 3.14. The Morgan fingerprint density at radius 1 is 1.33 bits per heavy atom. The number of nitrogens with two attached hydrogens (primary N) is 1. The molecule has 0 fully saturated rings. The molecule has 3 N–H and O–H groups in total. The van der Waals surface area contributed by atoms with Crippen LogP contribution in [0.5, 0.6) is 0 Å². The summed E-state index contributed by atoms with van der Waals surface area (Å²) in [5, 5.41) is 1.11. The summed E-state index contributed by atoms with van der Waals surface area (Å²) in [5.41, 5.74) is 4.56. The number of benzene rings is 1. The summed E-state index contributed by atoms with van der Waals surface area (Å²) in [6.07, 6.45) is 0. The largest absolute Gasteiger partial charge is 0.308 e. The van der Waals surface area contributed by atoms with Crippen molar-refractivity contribution < 1.29 is 0 Å². The Kier molecular flexibility index (Phi) is 3.90. The molecule has 5 heteroatoms. The fourth-order valence-electron chi connectivity index (χ4n) is 1.40. The van der Waals surface area contributed by atoms with Gasteiger partial charge in [0.1, 0.15) is 5.82 Å². The summed E-state index contributed by atoms with van der Waals surface area (Å²) >= 11 is 3.42. The summed E-state index contributed by atoms with van der Waals surface area (Å²) in [7, 11) is 0. The molecule has 0 aliphatic rings. The third-order valence-electron chi connectivity index (χ3n) is 2.10. The summed E-state index contributed by atoms with van der Waals surface area (Å²) < 4.78 is 1.06. The SMILES string of the molecule is Cc1cc2cc(Br)ccc2nc1NN.Cl. The number of halogens is 2. The lowest BCUT2D eigenvalue weighted by atomic mass is 10.1. The number of nitrogen functional groups attached to an aromatic ring is 1. The molecule has 0 amide bonds. The molecule has 0 spiro atoms. The molecule has 0 saturated carbocycles. The lowest BCUT2D eigenvalue weighted by Crippen LogP contribution is -2.09. The van der Waals surface area contributed by atoms with Gasteiger partial charge in [-0.3, -0.25) is 0 Å². The number of hydrogen-bond donors (Lipinski definition) is 2. The van der Waals surface area contributed by atoms with E-state index in [9.17, 15) is 0 Å². The fourth-order valence-corrected chi connectivity index (χ4v) is 1.78. The van der Waals surface area contributed by atoms with E-state index in [4.69, 9.17) is 5.84 Å². The highest BCUT2D eigenvalue weighted by atomic mass is 79.9. The average molecular weight is 289 g/mol. The fraction of sp³-hybridized carbons (Fsp3) is 0.100. The van der Waals surface area contributed by atoms with Gasteiger partial charge in [-0.1, -0.05) is 15.9 Å². The first kappa shape index (κ1) is 12.2. The zero-order valence-corrected chi connectivity index (χ0v) is 10.5. The van der Waals surface area contributed by atoms with Crippen molar-refractivity contribution in [3.05, 3.63) is 34.3 Å². The minimum Gasteiger partial charge on any atom is -0.308 e. The number of hydrazine groups is 1. The van der Waals surface area contributed by atoms with E-state index in [2.05, 4.69) is 32.4 Å². The molecule has 3 nitrogen and oxygen atoms in total. The number of anilines is 1. The van der Waals surface area contributed by atoms with Crippen molar-refractivity contribution in [1.29, 1.82) is 0 Å². The van der Waals surface area contributed by atoms with Gasteiger partial charge in [0.2, 0.25) is 0 Å². The van der Waals surface area contributed by atoms with Crippen LogP contribution in [0.2, 0.25) is 0 Å². The molecule has 0 unspecified atom stereocenters. The Labute approximate surface area is 103 Å². The maximum Gasteiger partial charge on any atom is 0.143 e. The second kappa shape index (κ2) is 4.79. The van der Waals surface area contributed by atoms with Crippen LogP contribution in [-0.4, -0.2) is 4.98 Å². The van der Waals surface area contributed by atoms with Crippen molar-refractivity contribution in [2.45, 2.75) is 6.92 Å². The molecule has 0 atom stereocenters. The smallest absolute Gasteiger partial charge is 0.143 e.